The molecule has 0 spiro atoms. The van der Waals surface area contributed by atoms with E-state index in [1.165, 1.54) is 24.8 Å². The summed E-state index contributed by atoms with van der Waals surface area (Å²) in [6.45, 7) is 7.47. The molecular weight excluding hydrogens is 452 g/mol. The molecule has 0 aromatic heterocycles. The summed E-state index contributed by atoms with van der Waals surface area (Å²) < 4.78 is 0. The number of piperidine rings is 2. The first-order chi connectivity index (χ1) is 17.3. The van der Waals surface area contributed by atoms with Gasteiger partial charge in [-0.25, -0.2) is 0 Å². The number of benzene rings is 1. The van der Waals surface area contributed by atoms with Gasteiger partial charge in [0.1, 0.15) is 0 Å². The first-order valence-electron chi connectivity index (χ1n) is 13.7. The Hall–Kier alpha value is -2.61. The minimum absolute atomic E-state index is 0.0217. The van der Waals surface area contributed by atoms with E-state index in [1.807, 2.05) is 17.0 Å². The molecule has 1 aromatic rings. The van der Waals surface area contributed by atoms with Gasteiger partial charge in [0.15, 0.2) is 5.96 Å². The van der Waals surface area contributed by atoms with Crippen molar-refractivity contribution in [1.82, 2.24) is 20.0 Å². The van der Waals surface area contributed by atoms with E-state index in [2.05, 4.69) is 34.3 Å². The standard InChI is InChI=1S/C28H46N6O2/c1-22(35)33-16-10-23(11-17-33)4-3-5-24-12-18-34(19-13-24)27(36)14-15-32(2)21-26-8-6-25(7-9-26)20-31-28(29)30/h6-9,23-24H,3-5,10-21H2,1-2H3,(H4,29,30,31). The summed E-state index contributed by atoms with van der Waals surface area (Å²) in [5.41, 5.74) is 7.63. The molecule has 0 radical (unpaired) electrons. The van der Waals surface area contributed by atoms with Crippen molar-refractivity contribution in [3.63, 3.8) is 0 Å². The van der Waals surface area contributed by atoms with E-state index >= 15 is 0 Å². The monoisotopic (exact) mass is 498 g/mol. The third-order valence-electron chi connectivity index (χ3n) is 7.92. The normalized spacial score (nSPS) is 17.4. The van der Waals surface area contributed by atoms with E-state index in [4.69, 9.17) is 11.1 Å². The van der Waals surface area contributed by atoms with Gasteiger partial charge in [0.2, 0.25) is 11.8 Å². The van der Waals surface area contributed by atoms with Crippen LogP contribution in [0.25, 0.3) is 0 Å². The number of nitrogens with one attached hydrogen (secondary N) is 2. The molecule has 0 bridgehead atoms. The number of nitrogens with zero attached hydrogens (tertiary/aromatic N) is 3. The van der Waals surface area contributed by atoms with Crippen LogP contribution in [0.1, 0.15) is 69.4 Å². The van der Waals surface area contributed by atoms with Crippen molar-refractivity contribution in [2.75, 3.05) is 39.8 Å². The largest absolute Gasteiger partial charge is 0.370 e. The SMILES string of the molecule is CC(=O)N1CCC(CCCC2CCN(C(=O)CCN(C)Cc3ccc(CNC(=N)N)cc3)CC2)CC1. The van der Waals surface area contributed by atoms with Crippen LogP contribution >= 0.6 is 0 Å². The maximum atomic E-state index is 12.8. The molecule has 0 atom stereocenters. The lowest BCUT2D eigenvalue weighted by Gasteiger charge is -2.33. The summed E-state index contributed by atoms with van der Waals surface area (Å²) in [6.07, 6.45) is 9.00. The van der Waals surface area contributed by atoms with E-state index in [9.17, 15) is 9.59 Å². The number of carbonyl (C=O) groups is 2. The molecule has 0 aliphatic carbocycles. The van der Waals surface area contributed by atoms with Crippen molar-refractivity contribution in [3.05, 3.63) is 35.4 Å². The summed E-state index contributed by atoms with van der Waals surface area (Å²) in [5, 5.41) is 10.1. The van der Waals surface area contributed by atoms with Gasteiger partial charge in [-0.15, -0.1) is 0 Å². The molecular formula is C28H46N6O2. The number of guanidine groups is 1. The summed E-state index contributed by atoms with van der Waals surface area (Å²) in [6, 6.07) is 8.28. The van der Waals surface area contributed by atoms with E-state index in [0.29, 0.717) is 13.0 Å². The van der Waals surface area contributed by atoms with E-state index < -0.39 is 0 Å². The number of hydrogen-bond acceptors (Lipinski definition) is 4. The minimum atomic E-state index is -0.0217. The lowest BCUT2D eigenvalue weighted by atomic mass is 9.87. The zero-order chi connectivity index (χ0) is 25.9. The predicted octanol–water partition coefficient (Wildman–Crippen LogP) is 3.16. The highest BCUT2D eigenvalue weighted by Gasteiger charge is 2.24. The molecule has 2 heterocycles. The Morgan fingerprint density at radius 3 is 2.03 bits per heavy atom. The maximum Gasteiger partial charge on any atom is 0.223 e. The second-order valence-electron chi connectivity index (χ2n) is 10.8. The summed E-state index contributed by atoms with van der Waals surface area (Å²) in [5.74, 6) is 2.01. The molecule has 3 rings (SSSR count). The lowest BCUT2D eigenvalue weighted by molar-refractivity contribution is -0.133. The van der Waals surface area contributed by atoms with E-state index in [1.54, 1.807) is 6.92 Å². The lowest BCUT2D eigenvalue weighted by Crippen LogP contribution is -2.39. The van der Waals surface area contributed by atoms with Gasteiger partial charge in [-0.05, 0) is 55.7 Å². The van der Waals surface area contributed by atoms with Crippen molar-refractivity contribution >= 4 is 17.8 Å². The summed E-state index contributed by atoms with van der Waals surface area (Å²) >= 11 is 0. The molecule has 36 heavy (non-hydrogen) atoms. The van der Waals surface area contributed by atoms with Crippen LogP contribution in [-0.2, 0) is 22.7 Å². The van der Waals surface area contributed by atoms with Crippen molar-refractivity contribution < 1.29 is 9.59 Å². The average Bonchev–Trinajstić information content (AvgIpc) is 2.87. The summed E-state index contributed by atoms with van der Waals surface area (Å²) in [4.78, 5) is 30.5. The zero-order valence-corrected chi connectivity index (χ0v) is 22.3. The maximum absolute atomic E-state index is 12.8. The van der Waals surface area contributed by atoms with Crippen molar-refractivity contribution in [2.45, 2.75) is 71.4 Å². The molecule has 2 saturated heterocycles. The number of hydrogen-bond donors (Lipinski definition) is 3. The molecule has 0 unspecified atom stereocenters. The average molecular weight is 499 g/mol. The van der Waals surface area contributed by atoms with E-state index in [-0.39, 0.29) is 17.8 Å². The van der Waals surface area contributed by atoms with Crippen LogP contribution in [0, 0.1) is 17.2 Å². The number of rotatable bonds is 11. The third-order valence-corrected chi connectivity index (χ3v) is 7.92. The fourth-order valence-corrected chi connectivity index (χ4v) is 5.50. The second kappa shape index (κ2) is 14.2. The highest BCUT2D eigenvalue weighted by Crippen LogP contribution is 2.27. The molecule has 1 aromatic carbocycles. The number of amides is 2. The molecule has 2 aliphatic rings. The first-order valence-corrected chi connectivity index (χ1v) is 13.7. The zero-order valence-electron chi connectivity index (χ0n) is 22.3. The Kier molecular flexibility index (Phi) is 11.0. The summed E-state index contributed by atoms with van der Waals surface area (Å²) in [7, 11) is 2.06. The van der Waals surface area contributed by atoms with Gasteiger partial charge in [0.05, 0.1) is 0 Å². The number of nitrogens with two attached hydrogens (primary N) is 1. The minimum Gasteiger partial charge on any atom is -0.370 e. The van der Waals surface area contributed by atoms with Crippen molar-refractivity contribution in [2.24, 2.45) is 17.6 Å². The van der Waals surface area contributed by atoms with E-state index in [0.717, 1.165) is 82.4 Å². The predicted molar refractivity (Wildman–Crippen MR) is 144 cm³/mol. The van der Waals surface area contributed by atoms with Gasteiger partial charge in [0, 0.05) is 59.2 Å². The second-order valence-corrected chi connectivity index (χ2v) is 10.8. The molecule has 2 amide bonds. The van der Waals surface area contributed by atoms with Gasteiger partial charge >= 0.3 is 0 Å². The molecule has 2 fully saturated rings. The Morgan fingerprint density at radius 2 is 1.50 bits per heavy atom. The van der Waals surface area contributed by atoms with Gasteiger partial charge in [-0.3, -0.25) is 15.0 Å². The van der Waals surface area contributed by atoms with Crippen LogP contribution in [-0.4, -0.2) is 72.2 Å². The quantitative estimate of drug-likeness (QED) is 0.321. The third kappa shape index (κ3) is 9.45. The fourth-order valence-electron chi connectivity index (χ4n) is 5.50. The highest BCUT2D eigenvalue weighted by molar-refractivity contribution is 5.76. The van der Waals surface area contributed by atoms with Crippen LogP contribution in [0.15, 0.2) is 24.3 Å². The Balaban J connectivity index is 1.26. The Morgan fingerprint density at radius 1 is 0.972 bits per heavy atom. The van der Waals surface area contributed by atoms with Gasteiger partial charge in [-0.1, -0.05) is 43.5 Å². The topological polar surface area (TPSA) is 106 Å². The molecule has 4 N–H and O–H groups in total. The first kappa shape index (κ1) is 28.0. The van der Waals surface area contributed by atoms with Crippen molar-refractivity contribution in [3.8, 4) is 0 Å². The molecule has 8 nitrogen and oxygen atoms in total. The van der Waals surface area contributed by atoms with Gasteiger partial charge in [-0.2, -0.15) is 0 Å². The Labute approximate surface area is 217 Å². The van der Waals surface area contributed by atoms with Crippen LogP contribution < -0.4 is 11.1 Å². The van der Waals surface area contributed by atoms with Gasteiger partial charge in [0.25, 0.3) is 0 Å². The number of likely N-dealkylation sites (tertiary alicyclic amines) is 2. The van der Waals surface area contributed by atoms with Gasteiger partial charge < -0.3 is 25.8 Å². The van der Waals surface area contributed by atoms with Crippen LogP contribution in [0.2, 0.25) is 0 Å². The molecule has 200 valence electrons. The molecule has 2 aliphatic heterocycles. The van der Waals surface area contributed by atoms with Crippen LogP contribution in [0.4, 0.5) is 0 Å². The smallest absolute Gasteiger partial charge is 0.223 e. The van der Waals surface area contributed by atoms with Crippen LogP contribution in [0.5, 0.6) is 0 Å². The molecule has 0 saturated carbocycles. The fraction of sp³-hybridized carbons (Fsp3) is 0.679. The molecule has 8 heteroatoms. The van der Waals surface area contributed by atoms with Crippen LogP contribution in [0.3, 0.4) is 0 Å². The highest BCUT2D eigenvalue weighted by atomic mass is 16.2. The van der Waals surface area contributed by atoms with Crippen molar-refractivity contribution in [1.29, 1.82) is 5.41 Å². The number of carbonyl (C=O) groups excluding carboxylic acids is 2. The Bertz CT molecular complexity index is 842.